The maximum Gasteiger partial charge on any atom is 0.267 e. The van der Waals surface area contributed by atoms with E-state index in [9.17, 15) is 9.59 Å². The molecule has 3 aromatic rings. The summed E-state index contributed by atoms with van der Waals surface area (Å²) in [6.45, 7) is 3.47. The second kappa shape index (κ2) is 10.3. The van der Waals surface area contributed by atoms with Crippen LogP contribution in [-0.2, 0) is 16.1 Å². The van der Waals surface area contributed by atoms with Crippen molar-refractivity contribution in [2.24, 2.45) is 0 Å². The van der Waals surface area contributed by atoms with Crippen LogP contribution in [0.5, 0.6) is 11.5 Å². The fraction of sp³-hybridized carbons (Fsp3) is 0.280. The van der Waals surface area contributed by atoms with Crippen LogP contribution in [0, 0.1) is 6.92 Å². The van der Waals surface area contributed by atoms with Crippen LogP contribution in [0.3, 0.4) is 0 Å². The SMILES string of the molecule is COCCCN1C(=O)C(=Cc2c(NCc3ccc4c(c3)OCO4)nc3c(C)cccn3c2=O)SC1=S. The summed E-state index contributed by atoms with van der Waals surface area (Å²) < 4.78 is 17.9. The number of fused-ring (bicyclic) bond motifs is 2. The van der Waals surface area contributed by atoms with E-state index < -0.39 is 0 Å². The Morgan fingerprint density at radius 3 is 2.92 bits per heavy atom. The van der Waals surface area contributed by atoms with Gasteiger partial charge in [0, 0.05) is 33.0 Å². The molecule has 11 heteroatoms. The Morgan fingerprint density at radius 1 is 1.25 bits per heavy atom. The van der Waals surface area contributed by atoms with E-state index in [0.717, 1.165) is 11.1 Å². The number of anilines is 1. The number of hydrogen-bond acceptors (Lipinski definition) is 9. The third-order valence-corrected chi connectivity index (χ3v) is 7.24. The number of amides is 1. The number of nitrogens with one attached hydrogen (secondary N) is 1. The van der Waals surface area contributed by atoms with Gasteiger partial charge in [-0.25, -0.2) is 4.98 Å². The first-order valence-corrected chi connectivity index (χ1v) is 12.6. The largest absolute Gasteiger partial charge is 0.454 e. The normalized spacial score (nSPS) is 15.9. The number of carbonyl (C=O) groups is 1. The number of aromatic nitrogens is 2. The molecule has 4 heterocycles. The number of nitrogens with zero attached hydrogens (tertiary/aromatic N) is 3. The number of thioether (sulfide) groups is 1. The van der Waals surface area contributed by atoms with Gasteiger partial charge in [0.25, 0.3) is 11.5 Å². The summed E-state index contributed by atoms with van der Waals surface area (Å²) in [4.78, 5) is 33.3. The maximum atomic E-state index is 13.6. The number of rotatable bonds is 8. The number of pyridine rings is 1. The van der Waals surface area contributed by atoms with Crippen molar-refractivity contribution in [1.29, 1.82) is 0 Å². The highest BCUT2D eigenvalue weighted by molar-refractivity contribution is 8.26. The van der Waals surface area contributed by atoms with Gasteiger partial charge in [0.15, 0.2) is 11.5 Å². The third kappa shape index (κ3) is 4.69. The standard InChI is InChI=1S/C25H24N4O5S2/c1-15-5-3-8-28-22(15)27-21(26-13-16-6-7-18-19(11-16)34-14-33-18)17(23(28)30)12-20-24(31)29(25(35)36-20)9-4-10-32-2/h3,5-8,11-12,26H,4,9-10,13-14H2,1-2H3. The molecule has 1 saturated heterocycles. The Kier molecular flexibility index (Phi) is 6.95. The summed E-state index contributed by atoms with van der Waals surface area (Å²) >= 11 is 6.61. The van der Waals surface area contributed by atoms with E-state index in [2.05, 4.69) is 5.32 Å². The molecule has 0 aliphatic carbocycles. The Morgan fingerprint density at radius 2 is 2.08 bits per heavy atom. The van der Waals surface area contributed by atoms with Gasteiger partial charge in [-0.05, 0) is 48.7 Å². The Balaban J connectivity index is 1.50. The van der Waals surface area contributed by atoms with Crippen LogP contribution in [0.15, 0.2) is 46.2 Å². The number of ether oxygens (including phenoxy) is 3. The van der Waals surface area contributed by atoms with Crippen molar-refractivity contribution in [3.05, 3.63) is 68.5 Å². The molecule has 1 N–H and O–H groups in total. The van der Waals surface area contributed by atoms with Crippen LogP contribution < -0.4 is 20.3 Å². The maximum absolute atomic E-state index is 13.6. The molecule has 36 heavy (non-hydrogen) atoms. The van der Waals surface area contributed by atoms with Crippen molar-refractivity contribution in [1.82, 2.24) is 14.3 Å². The summed E-state index contributed by atoms with van der Waals surface area (Å²) in [5.41, 5.74) is 2.34. The van der Waals surface area contributed by atoms with Gasteiger partial charge in [-0.15, -0.1) is 0 Å². The number of methoxy groups -OCH3 is 1. The van der Waals surface area contributed by atoms with Crippen molar-refractivity contribution in [3.63, 3.8) is 0 Å². The molecule has 0 radical (unpaired) electrons. The van der Waals surface area contributed by atoms with E-state index in [4.69, 9.17) is 31.4 Å². The minimum Gasteiger partial charge on any atom is -0.454 e. The molecule has 5 rings (SSSR count). The number of benzene rings is 1. The molecule has 2 aliphatic rings. The molecule has 1 amide bonds. The summed E-state index contributed by atoms with van der Waals surface area (Å²) in [5.74, 6) is 1.53. The highest BCUT2D eigenvalue weighted by Crippen LogP contribution is 2.34. The molecule has 9 nitrogen and oxygen atoms in total. The van der Waals surface area contributed by atoms with Gasteiger partial charge in [0.2, 0.25) is 6.79 Å². The predicted octanol–water partition coefficient (Wildman–Crippen LogP) is 3.58. The van der Waals surface area contributed by atoms with Crippen LogP contribution >= 0.6 is 24.0 Å². The minimum atomic E-state index is -0.276. The lowest BCUT2D eigenvalue weighted by molar-refractivity contribution is -0.122. The number of thiocarbonyl (C=S) groups is 1. The van der Waals surface area contributed by atoms with Gasteiger partial charge in [-0.3, -0.25) is 18.9 Å². The van der Waals surface area contributed by atoms with Crippen LogP contribution in [0.25, 0.3) is 11.7 Å². The minimum absolute atomic E-state index is 0.197. The van der Waals surface area contributed by atoms with E-state index in [1.165, 1.54) is 16.2 Å². The molecular weight excluding hydrogens is 500 g/mol. The summed E-state index contributed by atoms with van der Waals surface area (Å²) in [6, 6.07) is 9.35. The Hall–Kier alpha value is -3.41. The molecule has 0 unspecified atom stereocenters. The van der Waals surface area contributed by atoms with E-state index in [0.29, 0.717) is 58.3 Å². The second-order valence-corrected chi connectivity index (χ2v) is 9.96. The first-order valence-electron chi connectivity index (χ1n) is 11.3. The average molecular weight is 525 g/mol. The van der Waals surface area contributed by atoms with Crippen molar-refractivity contribution in [3.8, 4) is 11.5 Å². The smallest absolute Gasteiger partial charge is 0.267 e. The van der Waals surface area contributed by atoms with Crippen LogP contribution in [-0.4, -0.2) is 51.6 Å². The lowest BCUT2D eigenvalue weighted by Crippen LogP contribution is -2.29. The molecular formula is C25H24N4O5S2. The number of carbonyl (C=O) groups excluding carboxylic acids is 1. The Labute approximate surface area is 217 Å². The summed E-state index contributed by atoms with van der Waals surface area (Å²) in [7, 11) is 1.62. The number of hydrogen-bond donors (Lipinski definition) is 1. The van der Waals surface area contributed by atoms with Crippen molar-refractivity contribution < 1.29 is 19.0 Å². The second-order valence-electron chi connectivity index (χ2n) is 8.28. The van der Waals surface area contributed by atoms with Crippen molar-refractivity contribution >= 4 is 51.7 Å². The van der Waals surface area contributed by atoms with E-state index in [1.54, 1.807) is 30.3 Å². The van der Waals surface area contributed by atoms with Gasteiger partial charge in [0.05, 0.1) is 10.5 Å². The topological polar surface area (TPSA) is 94.4 Å². The van der Waals surface area contributed by atoms with Gasteiger partial charge in [-0.2, -0.15) is 0 Å². The highest BCUT2D eigenvalue weighted by Gasteiger charge is 2.32. The Bertz CT molecular complexity index is 1450. The third-order valence-electron chi connectivity index (χ3n) is 5.86. The molecule has 2 aromatic heterocycles. The van der Waals surface area contributed by atoms with Crippen LogP contribution in [0.4, 0.5) is 5.82 Å². The predicted molar refractivity (Wildman–Crippen MR) is 142 cm³/mol. The quantitative estimate of drug-likeness (QED) is 0.270. The van der Waals surface area contributed by atoms with E-state index in [-0.39, 0.29) is 23.8 Å². The monoisotopic (exact) mass is 524 g/mol. The van der Waals surface area contributed by atoms with Crippen molar-refractivity contribution in [2.75, 3.05) is 32.4 Å². The first-order chi connectivity index (χ1) is 17.5. The fourth-order valence-corrected chi connectivity index (χ4v) is 5.29. The van der Waals surface area contributed by atoms with Gasteiger partial charge in [-0.1, -0.05) is 36.1 Å². The number of aryl methyl sites for hydroxylation is 1. The lowest BCUT2D eigenvalue weighted by Gasteiger charge is -2.14. The summed E-state index contributed by atoms with van der Waals surface area (Å²) in [5, 5.41) is 3.29. The molecule has 186 valence electrons. The zero-order valence-corrected chi connectivity index (χ0v) is 21.4. The molecule has 1 aromatic carbocycles. The molecule has 0 bridgehead atoms. The zero-order chi connectivity index (χ0) is 25.2. The molecule has 1 fully saturated rings. The van der Waals surface area contributed by atoms with Crippen LogP contribution in [0.2, 0.25) is 0 Å². The van der Waals surface area contributed by atoms with E-state index in [1.807, 2.05) is 31.2 Å². The highest BCUT2D eigenvalue weighted by atomic mass is 32.2. The summed E-state index contributed by atoms with van der Waals surface area (Å²) in [6.07, 6.45) is 3.92. The average Bonchev–Trinajstić information content (AvgIpc) is 3.44. The van der Waals surface area contributed by atoms with Crippen LogP contribution in [0.1, 0.15) is 23.1 Å². The van der Waals surface area contributed by atoms with Gasteiger partial charge >= 0.3 is 0 Å². The van der Waals surface area contributed by atoms with Crippen molar-refractivity contribution in [2.45, 2.75) is 19.9 Å². The fourth-order valence-electron chi connectivity index (χ4n) is 4.00. The van der Waals surface area contributed by atoms with E-state index >= 15 is 0 Å². The molecule has 0 atom stereocenters. The lowest BCUT2D eigenvalue weighted by atomic mass is 10.2. The molecule has 2 aliphatic heterocycles. The first kappa shape index (κ1) is 24.3. The van der Waals surface area contributed by atoms with Gasteiger partial charge in [0.1, 0.15) is 15.8 Å². The van der Waals surface area contributed by atoms with Gasteiger partial charge < -0.3 is 19.5 Å². The molecule has 0 saturated carbocycles. The zero-order valence-electron chi connectivity index (χ0n) is 19.8. The molecule has 0 spiro atoms.